The van der Waals surface area contributed by atoms with Gasteiger partial charge in [0.15, 0.2) is 0 Å². The summed E-state index contributed by atoms with van der Waals surface area (Å²) in [6, 6.07) is 19.3. The number of carbonyl (C=O) groups excluding carboxylic acids is 1. The molecule has 2 nitrogen and oxygen atoms in total. The molecule has 0 amide bonds. The Labute approximate surface area is 146 Å². The molecule has 3 aromatic carbocycles. The third kappa shape index (κ3) is 3.01. The van der Waals surface area contributed by atoms with Gasteiger partial charge in [-0.15, -0.1) is 11.8 Å². The number of thioether (sulfide) groups is 1. The van der Waals surface area contributed by atoms with Gasteiger partial charge in [0, 0.05) is 5.75 Å². The maximum atomic E-state index is 12.1. The zero-order valence-electron chi connectivity index (χ0n) is 13.5. The van der Waals surface area contributed by atoms with Gasteiger partial charge in [-0.2, -0.15) is 0 Å². The number of hydrogen-bond acceptors (Lipinski definition) is 3. The van der Waals surface area contributed by atoms with Crippen molar-refractivity contribution in [3.05, 3.63) is 60.2 Å². The molecule has 0 radical (unpaired) electrons. The fourth-order valence-electron chi connectivity index (χ4n) is 3.41. The average molecular weight is 336 g/mol. The van der Waals surface area contributed by atoms with Crippen LogP contribution in [0.2, 0.25) is 0 Å². The zero-order chi connectivity index (χ0) is 16.4. The van der Waals surface area contributed by atoms with Gasteiger partial charge < -0.3 is 4.74 Å². The maximum absolute atomic E-state index is 12.1. The number of rotatable bonds is 3. The van der Waals surface area contributed by atoms with E-state index in [1.54, 1.807) is 11.8 Å². The SMILES string of the molecule is O=C1OCCCCC1SCc1c2ccccc2cc2ccccc12. The van der Waals surface area contributed by atoms with Gasteiger partial charge in [0.2, 0.25) is 0 Å². The van der Waals surface area contributed by atoms with E-state index >= 15 is 0 Å². The van der Waals surface area contributed by atoms with Crippen molar-refractivity contribution in [1.82, 2.24) is 0 Å². The Morgan fingerprint density at radius 2 is 1.62 bits per heavy atom. The molecule has 24 heavy (non-hydrogen) atoms. The van der Waals surface area contributed by atoms with E-state index in [-0.39, 0.29) is 11.2 Å². The molecule has 1 heterocycles. The summed E-state index contributed by atoms with van der Waals surface area (Å²) in [4.78, 5) is 12.1. The second-order valence-electron chi connectivity index (χ2n) is 6.26. The Bertz CT molecular complexity index is 833. The van der Waals surface area contributed by atoms with Crippen LogP contribution in [0.25, 0.3) is 21.5 Å². The molecular weight excluding hydrogens is 316 g/mol. The highest BCUT2D eigenvalue weighted by Gasteiger charge is 2.23. The van der Waals surface area contributed by atoms with Crippen molar-refractivity contribution in [2.45, 2.75) is 30.3 Å². The molecule has 0 bridgehead atoms. The van der Waals surface area contributed by atoms with Crippen LogP contribution in [-0.4, -0.2) is 17.8 Å². The minimum absolute atomic E-state index is 0.0368. The van der Waals surface area contributed by atoms with Crippen LogP contribution in [0.1, 0.15) is 24.8 Å². The number of ether oxygens (including phenoxy) is 1. The van der Waals surface area contributed by atoms with E-state index < -0.39 is 0 Å². The fraction of sp³-hybridized carbons (Fsp3) is 0.286. The van der Waals surface area contributed by atoms with Gasteiger partial charge in [-0.05, 0) is 52.4 Å². The van der Waals surface area contributed by atoms with E-state index in [1.165, 1.54) is 27.1 Å². The fourth-order valence-corrected chi connectivity index (χ4v) is 4.63. The molecule has 0 aromatic heterocycles. The summed E-state index contributed by atoms with van der Waals surface area (Å²) >= 11 is 1.73. The van der Waals surface area contributed by atoms with E-state index in [1.807, 2.05) is 0 Å². The molecule has 122 valence electrons. The van der Waals surface area contributed by atoms with E-state index in [0.717, 1.165) is 25.0 Å². The lowest BCUT2D eigenvalue weighted by molar-refractivity contribution is -0.142. The summed E-state index contributed by atoms with van der Waals surface area (Å²) in [5.74, 6) is 0.795. The summed E-state index contributed by atoms with van der Waals surface area (Å²) in [5, 5.41) is 5.05. The van der Waals surface area contributed by atoms with Crippen LogP contribution in [0, 0.1) is 0 Å². The monoisotopic (exact) mass is 336 g/mol. The minimum Gasteiger partial charge on any atom is -0.465 e. The van der Waals surface area contributed by atoms with Crippen LogP contribution < -0.4 is 0 Å². The number of hydrogen-bond donors (Lipinski definition) is 0. The van der Waals surface area contributed by atoms with Gasteiger partial charge >= 0.3 is 5.97 Å². The molecule has 0 N–H and O–H groups in total. The summed E-state index contributed by atoms with van der Waals surface area (Å²) < 4.78 is 5.32. The van der Waals surface area contributed by atoms with Gasteiger partial charge in [0.05, 0.1) is 6.61 Å². The predicted octanol–water partition coefficient (Wildman–Crippen LogP) is 5.32. The Hall–Kier alpha value is -2.00. The Kier molecular flexibility index (Phi) is 4.44. The van der Waals surface area contributed by atoms with Gasteiger partial charge in [-0.1, -0.05) is 48.5 Å². The largest absolute Gasteiger partial charge is 0.465 e. The van der Waals surface area contributed by atoms with Gasteiger partial charge in [-0.3, -0.25) is 4.79 Å². The molecule has 1 aliphatic rings. The minimum atomic E-state index is -0.0398. The lowest BCUT2D eigenvalue weighted by atomic mass is 9.98. The first kappa shape index (κ1) is 15.5. The van der Waals surface area contributed by atoms with Crippen LogP contribution in [-0.2, 0) is 15.3 Å². The third-order valence-corrected chi connectivity index (χ3v) is 5.97. The molecule has 0 aliphatic carbocycles. The van der Waals surface area contributed by atoms with Crippen LogP contribution in [0.15, 0.2) is 54.6 Å². The van der Waals surface area contributed by atoms with E-state index in [0.29, 0.717) is 6.61 Å². The number of carbonyl (C=O) groups is 1. The molecule has 4 rings (SSSR count). The summed E-state index contributed by atoms with van der Waals surface area (Å²) in [5.41, 5.74) is 1.32. The summed E-state index contributed by atoms with van der Waals surface area (Å²) in [7, 11) is 0. The Morgan fingerprint density at radius 1 is 0.958 bits per heavy atom. The molecule has 3 aromatic rings. The summed E-state index contributed by atoms with van der Waals surface area (Å²) in [6.45, 7) is 0.576. The lowest BCUT2D eigenvalue weighted by Crippen LogP contribution is -2.18. The van der Waals surface area contributed by atoms with E-state index in [4.69, 9.17) is 4.74 Å². The molecule has 0 spiro atoms. The molecule has 1 atom stereocenters. The van der Waals surface area contributed by atoms with E-state index in [9.17, 15) is 4.79 Å². The number of cyclic esters (lactones) is 1. The number of fused-ring (bicyclic) bond motifs is 2. The third-order valence-electron chi connectivity index (χ3n) is 4.68. The Morgan fingerprint density at radius 3 is 2.33 bits per heavy atom. The van der Waals surface area contributed by atoms with Crippen molar-refractivity contribution in [3.8, 4) is 0 Å². The first-order valence-electron chi connectivity index (χ1n) is 8.50. The zero-order valence-corrected chi connectivity index (χ0v) is 14.4. The smallest absolute Gasteiger partial charge is 0.319 e. The normalized spacial score (nSPS) is 18.5. The average Bonchev–Trinajstić information content (AvgIpc) is 2.83. The van der Waals surface area contributed by atoms with Gasteiger partial charge in [0.1, 0.15) is 5.25 Å². The quantitative estimate of drug-likeness (QED) is 0.478. The molecule has 1 unspecified atom stereocenters. The molecule has 1 fully saturated rings. The number of benzene rings is 3. The van der Waals surface area contributed by atoms with Crippen molar-refractivity contribution < 1.29 is 9.53 Å². The second kappa shape index (κ2) is 6.86. The van der Waals surface area contributed by atoms with Crippen LogP contribution in [0.4, 0.5) is 0 Å². The molecule has 1 aliphatic heterocycles. The first-order valence-corrected chi connectivity index (χ1v) is 9.55. The van der Waals surface area contributed by atoms with Crippen molar-refractivity contribution in [3.63, 3.8) is 0 Å². The molecule has 1 saturated heterocycles. The van der Waals surface area contributed by atoms with Crippen LogP contribution in [0.3, 0.4) is 0 Å². The highest BCUT2D eigenvalue weighted by molar-refractivity contribution is 7.99. The van der Waals surface area contributed by atoms with Gasteiger partial charge in [-0.25, -0.2) is 0 Å². The van der Waals surface area contributed by atoms with Crippen molar-refractivity contribution >= 4 is 39.3 Å². The van der Waals surface area contributed by atoms with Crippen molar-refractivity contribution in [2.24, 2.45) is 0 Å². The molecule has 0 saturated carbocycles. The van der Waals surface area contributed by atoms with Crippen molar-refractivity contribution in [2.75, 3.05) is 6.61 Å². The summed E-state index contributed by atoms with van der Waals surface area (Å²) in [6.07, 6.45) is 2.98. The molecular formula is C21H20O2S. The van der Waals surface area contributed by atoms with Crippen LogP contribution in [0.5, 0.6) is 0 Å². The lowest BCUT2D eigenvalue weighted by Gasteiger charge is -2.15. The van der Waals surface area contributed by atoms with E-state index in [2.05, 4.69) is 54.6 Å². The first-order chi connectivity index (χ1) is 11.8. The standard InChI is InChI=1S/C21H20O2S/c22-21-20(11-5-6-12-23-21)24-14-19-17-9-3-1-7-15(17)13-16-8-2-4-10-18(16)19/h1-4,7-10,13,20H,5-6,11-12,14H2. The highest BCUT2D eigenvalue weighted by atomic mass is 32.2. The van der Waals surface area contributed by atoms with Crippen molar-refractivity contribution in [1.29, 1.82) is 0 Å². The van der Waals surface area contributed by atoms with Crippen LogP contribution >= 0.6 is 11.8 Å². The number of esters is 1. The Balaban J connectivity index is 1.72. The predicted molar refractivity (Wildman–Crippen MR) is 101 cm³/mol. The highest BCUT2D eigenvalue weighted by Crippen LogP contribution is 2.33. The second-order valence-corrected chi connectivity index (χ2v) is 7.45. The maximum Gasteiger partial charge on any atom is 0.319 e. The topological polar surface area (TPSA) is 26.3 Å². The van der Waals surface area contributed by atoms with Gasteiger partial charge in [0.25, 0.3) is 0 Å². The molecule has 3 heteroatoms.